The van der Waals surface area contributed by atoms with Crippen molar-refractivity contribution in [3.05, 3.63) is 81.4 Å². The van der Waals surface area contributed by atoms with Crippen molar-refractivity contribution in [2.75, 3.05) is 6.54 Å². The zero-order chi connectivity index (χ0) is 20.4. The van der Waals surface area contributed by atoms with Gasteiger partial charge in [0.15, 0.2) is 0 Å². The molecule has 0 saturated carbocycles. The number of carbonyl (C=O) groups excluding carboxylic acids is 3. The fraction of sp³-hybridized carbons (Fsp3) is 0.105. The number of amides is 1. The Kier molecular flexibility index (Phi) is 4.90. The number of nitrogens with zero attached hydrogens (tertiary/aromatic N) is 2. The van der Waals surface area contributed by atoms with Gasteiger partial charge in [0, 0.05) is 17.7 Å². The molecule has 0 unspecified atom stereocenters. The molecule has 9 nitrogen and oxygen atoms in total. The van der Waals surface area contributed by atoms with E-state index in [1.54, 1.807) is 30.3 Å². The fourth-order valence-corrected chi connectivity index (χ4v) is 3.06. The second-order valence-corrected chi connectivity index (χ2v) is 6.01. The van der Waals surface area contributed by atoms with E-state index in [9.17, 15) is 34.7 Å². The van der Waals surface area contributed by atoms with Crippen LogP contribution in [0.15, 0.2) is 60.2 Å². The summed E-state index contributed by atoms with van der Waals surface area (Å²) < 4.78 is 0. The molecule has 2 aromatic rings. The lowest BCUT2D eigenvalue weighted by Gasteiger charge is -2.25. The average molecular weight is 381 g/mol. The molecule has 9 heteroatoms. The van der Waals surface area contributed by atoms with Crippen LogP contribution in [0.2, 0.25) is 0 Å². The van der Waals surface area contributed by atoms with Gasteiger partial charge in [-0.3, -0.25) is 19.7 Å². The highest BCUT2D eigenvalue weighted by atomic mass is 16.6. The van der Waals surface area contributed by atoms with Gasteiger partial charge in [0.2, 0.25) is 0 Å². The number of benzene rings is 2. The highest BCUT2D eigenvalue weighted by Crippen LogP contribution is 2.39. The number of aliphatic hydroxyl groups excluding tert-OH is 1. The van der Waals surface area contributed by atoms with Crippen LogP contribution in [-0.2, 0) is 14.4 Å². The second kappa shape index (κ2) is 7.31. The second-order valence-electron chi connectivity index (χ2n) is 6.01. The summed E-state index contributed by atoms with van der Waals surface area (Å²) in [6.07, 6.45) is 0. The van der Waals surface area contributed by atoms with E-state index in [1.807, 2.05) is 0 Å². The van der Waals surface area contributed by atoms with E-state index in [1.165, 1.54) is 12.1 Å². The van der Waals surface area contributed by atoms with E-state index in [0.29, 0.717) is 5.56 Å². The normalized spacial score (nSPS) is 18.3. The van der Waals surface area contributed by atoms with E-state index in [0.717, 1.165) is 17.0 Å². The molecule has 1 aliphatic rings. The number of aliphatic hydroxyl groups is 1. The Bertz CT molecular complexity index is 997. The summed E-state index contributed by atoms with van der Waals surface area (Å²) in [6, 6.07) is 11.8. The smallest absolute Gasteiger partial charge is 0.295 e. The predicted octanol–water partition coefficient (Wildman–Crippen LogP) is 0.766. The van der Waals surface area contributed by atoms with Crippen LogP contribution in [-0.4, -0.2) is 39.1 Å². The maximum atomic E-state index is 12.5. The van der Waals surface area contributed by atoms with Crippen LogP contribution in [0, 0.1) is 10.1 Å². The predicted molar refractivity (Wildman–Crippen MR) is 93.6 cm³/mol. The first-order valence-electron chi connectivity index (χ1n) is 8.09. The molecular formula is C19H13N2O7-. The maximum absolute atomic E-state index is 12.5. The molecule has 1 fully saturated rings. The average Bonchev–Trinajstić information content (AvgIpc) is 2.92. The minimum atomic E-state index is -1.56. The Balaban J connectivity index is 2.16. The molecule has 0 radical (unpaired) electrons. The van der Waals surface area contributed by atoms with Gasteiger partial charge in [-0.2, -0.15) is 0 Å². The van der Waals surface area contributed by atoms with E-state index in [2.05, 4.69) is 0 Å². The third kappa shape index (κ3) is 3.32. The van der Waals surface area contributed by atoms with Crippen molar-refractivity contribution in [3.63, 3.8) is 0 Å². The summed E-state index contributed by atoms with van der Waals surface area (Å²) >= 11 is 0. The number of aliphatic carboxylic acids is 1. The molecular weight excluding hydrogens is 368 g/mol. The van der Waals surface area contributed by atoms with Gasteiger partial charge in [-0.25, -0.2) is 0 Å². The van der Waals surface area contributed by atoms with Crippen LogP contribution in [0.5, 0.6) is 0 Å². The number of ketones is 1. The molecule has 0 aromatic heterocycles. The molecule has 0 spiro atoms. The van der Waals surface area contributed by atoms with E-state index in [-0.39, 0.29) is 16.8 Å². The molecule has 1 amide bonds. The van der Waals surface area contributed by atoms with Gasteiger partial charge >= 0.3 is 0 Å². The fourth-order valence-electron chi connectivity index (χ4n) is 3.06. The standard InChI is InChI=1S/C19H14N2O7/c22-14(23)10-20-16(11-4-2-1-3-5-11)15(18(25)19(20)26)17(24)12-6-8-13(9-7-12)21(27)28/h1-9,16,24H,10H2,(H,22,23)/p-1/t16-/m0/s1. The van der Waals surface area contributed by atoms with Crippen LogP contribution >= 0.6 is 0 Å². The Morgan fingerprint density at radius 3 is 2.21 bits per heavy atom. The van der Waals surface area contributed by atoms with E-state index >= 15 is 0 Å². The summed E-state index contributed by atoms with van der Waals surface area (Å²) in [5.41, 5.74) is -0.00995. The van der Waals surface area contributed by atoms with Crippen molar-refractivity contribution in [2.24, 2.45) is 0 Å². The Morgan fingerprint density at radius 2 is 1.68 bits per heavy atom. The zero-order valence-corrected chi connectivity index (χ0v) is 14.3. The molecule has 0 aliphatic carbocycles. The van der Waals surface area contributed by atoms with Crippen molar-refractivity contribution in [1.82, 2.24) is 4.90 Å². The van der Waals surface area contributed by atoms with Gasteiger partial charge in [-0.15, -0.1) is 0 Å². The lowest BCUT2D eigenvalue weighted by Crippen LogP contribution is -2.40. The Morgan fingerprint density at radius 1 is 1.07 bits per heavy atom. The van der Waals surface area contributed by atoms with Crippen LogP contribution in [0.4, 0.5) is 5.69 Å². The first-order valence-corrected chi connectivity index (χ1v) is 8.09. The first-order chi connectivity index (χ1) is 13.3. The van der Waals surface area contributed by atoms with Gasteiger partial charge in [0.1, 0.15) is 5.76 Å². The molecule has 1 saturated heterocycles. The Labute approximate surface area is 158 Å². The number of rotatable bonds is 5. The molecule has 2 aromatic carbocycles. The summed E-state index contributed by atoms with van der Waals surface area (Å²) in [5.74, 6) is -4.24. The number of carbonyl (C=O) groups is 3. The van der Waals surface area contributed by atoms with Crippen LogP contribution in [0.1, 0.15) is 17.2 Å². The minimum Gasteiger partial charge on any atom is -0.548 e. The highest BCUT2D eigenvalue weighted by Gasteiger charge is 2.46. The number of nitro groups is 1. The van der Waals surface area contributed by atoms with Crippen LogP contribution in [0.3, 0.4) is 0 Å². The lowest BCUT2D eigenvalue weighted by atomic mass is 9.95. The topological polar surface area (TPSA) is 141 Å². The number of hydrogen-bond donors (Lipinski definition) is 1. The number of carboxylic acids is 1. The van der Waals surface area contributed by atoms with Gasteiger partial charge in [0.25, 0.3) is 17.4 Å². The molecule has 3 rings (SSSR count). The number of carboxylic acid groups (broad SMARTS) is 1. The van der Waals surface area contributed by atoms with Gasteiger partial charge in [-0.05, 0) is 17.7 Å². The first kappa shape index (κ1) is 18.8. The third-order valence-electron chi connectivity index (χ3n) is 4.31. The molecule has 28 heavy (non-hydrogen) atoms. The number of hydrogen-bond acceptors (Lipinski definition) is 7. The van der Waals surface area contributed by atoms with Crippen LogP contribution < -0.4 is 5.11 Å². The number of Topliss-reactive ketones (excluding diaryl/α,β-unsaturated/α-hetero) is 1. The number of nitro benzene ring substituents is 1. The van der Waals surface area contributed by atoms with Gasteiger partial charge in [0.05, 0.1) is 29.1 Å². The quantitative estimate of drug-likeness (QED) is 0.265. The third-order valence-corrected chi connectivity index (χ3v) is 4.31. The van der Waals surface area contributed by atoms with Crippen molar-refractivity contribution in [2.45, 2.75) is 6.04 Å². The molecule has 142 valence electrons. The lowest BCUT2D eigenvalue weighted by molar-refractivity contribution is -0.384. The summed E-state index contributed by atoms with van der Waals surface area (Å²) in [6.45, 7) is -0.832. The summed E-state index contributed by atoms with van der Waals surface area (Å²) in [7, 11) is 0. The van der Waals surface area contributed by atoms with Gasteiger partial charge < -0.3 is 19.9 Å². The van der Waals surface area contributed by atoms with Crippen molar-refractivity contribution < 1.29 is 29.5 Å². The number of non-ortho nitro benzene ring substituents is 1. The van der Waals surface area contributed by atoms with Crippen molar-refractivity contribution in [3.8, 4) is 0 Å². The molecule has 1 atom stereocenters. The van der Waals surface area contributed by atoms with Crippen molar-refractivity contribution >= 4 is 29.1 Å². The molecule has 1 heterocycles. The SMILES string of the molecule is O=C([O-])CN1C(=O)C(=O)C(=C(O)c2ccc([N+](=O)[O-])cc2)[C@@H]1c1ccccc1. The minimum absolute atomic E-state index is 0.0815. The molecule has 0 bridgehead atoms. The summed E-state index contributed by atoms with van der Waals surface area (Å²) in [5, 5.41) is 32.5. The number of likely N-dealkylation sites (tertiary alicyclic amines) is 1. The monoisotopic (exact) mass is 381 g/mol. The van der Waals surface area contributed by atoms with Crippen molar-refractivity contribution in [1.29, 1.82) is 0 Å². The largest absolute Gasteiger partial charge is 0.548 e. The van der Waals surface area contributed by atoms with E-state index in [4.69, 9.17) is 0 Å². The molecule has 1 N–H and O–H groups in total. The van der Waals surface area contributed by atoms with E-state index < -0.39 is 40.9 Å². The molecule has 1 aliphatic heterocycles. The highest BCUT2D eigenvalue weighted by molar-refractivity contribution is 6.46. The Hall–Kier alpha value is -4.01. The van der Waals surface area contributed by atoms with Gasteiger partial charge in [-0.1, -0.05) is 30.3 Å². The summed E-state index contributed by atoms with van der Waals surface area (Å²) in [4.78, 5) is 46.9. The zero-order valence-electron chi connectivity index (χ0n) is 14.3. The van der Waals surface area contributed by atoms with Crippen LogP contribution in [0.25, 0.3) is 5.76 Å². The maximum Gasteiger partial charge on any atom is 0.295 e.